The van der Waals surface area contributed by atoms with E-state index in [0.717, 1.165) is 49.3 Å². The fourth-order valence-electron chi connectivity index (χ4n) is 4.25. The smallest absolute Gasteiger partial charge is 0.232 e. The number of amides is 1. The molecule has 24 heavy (non-hydrogen) atoms. The molecule has 5 rings (SSSR count). The molecule has 5 heteroatoms. The van der Waals surface area contributed by atoms with Gasteiger partial charge in [0.05, 0.1) is 24.5 Å². The minimum absolute atomic E-state index is 0.0318. The third-order valence-electron chi connectivity index (χ3n) is 5.49. The third kappa shape index (κ3) is 2.00. The van der Waals surface area contributed by atoms with Crippen molar-refractivity contribution in [3.05, 3.63) is 53.7 Å². The molecule has 0 saturated carbocycles. The molecule has 1 aromatic carbocycles. The van der Waals surface area contributed by atoms with Crippen LogP contribution < -0.4 is 0 Å². The normalized spacial score (nSPS) is 20.0. The Hall–Kier alpha value is -2.56. The molecule has 1 N–H and O–H groups in total. The number of nitrogens with one attached hydrogen (secondary N) is 1. The summed E-state index contributed by atoms with van der Waals surface area (Å²) in [5, 5.41) is 1.28. The molecule has 3 aromatic rings. The van der Waals surface area contributed by atoms with Crippen molar-refractivity contribution in [3.8, 4) is 0 Å². The number of benzene rings is 1. The average molecular weight is 320 g/mol. The van der Waals surface area contributed by atoms with Crippen LogP contribution in [0.1, 0.15) is 35.7 Å². The van der Waals surface area contributed by atoms with Crippen LogP contribution in [0, 0.1) is 0 Å². The zero-order chi connectivity index (χ0) is 16.1. The largest absolute Gasteiger partial charge is 0.357 e. The molecule has 122 valence electrons. The lowest BCUT2D eigenvalue weighted by molar-refractivity contribution is -0.134. The van der Waals surface area contributed by atoms with Crippen LogP contribution in [-0.2, 0) is 24.3 Å². The summed E-state index contributed by atoms with van der Waals surface area (Å²) < 4.78 is 2.14. The highest BCUT2D eigenvalue weighted by Crippen LogP contribution is 2.37. The summed E-state index contributed by atoms with van der Waals surface area (Å²) in [5.74, 6) is 0.227. The third-order valence-corrected chi connectivity index (χ3v) is 5.49. The van der Waals surface area contributed by atoms with Crippen LogP contribution >= 0.6 is 0 Å². The first-order chi connectivity index (χ1) is 11.8. The van der Waals surface area contributed by atoms with Gasteiger partial charge < -0.3 is 14.5 Å². The molecule has 0 radical (unpaired) electrons. The van der Waals surface area contributed by atoms with Crippen molar-refractivity contribution in [2.45, 2.75) is 38.3 Å². The fourth-order valence-corrected chi connectivity index (χ4v) is 4.25. The second-order valence-electron chi connectivity index (χ2n) is 6.85. The topological polar surface area (TPSA) is 53.9 Å². The van der Waals surface area contributed by atoms with E-state index in [9.17, 15) is 4.79 Å². The number of H-pyrrole nitrogens is 1. The quantitative estimate of drug-likeness (QED) is 0.749. The van der Waals surface area contributed by atoms with Gasteiger partial charge in [0.25, 0.3) is 0 Å². The van der Waals surface area contributed by atoms with Gasteiger partial charge in [-0.25, -0.2) is 4.98 Å². The number of hydrogen-bond donors (Lipinski definition) is 1. The van der Waals surface area contributed by atoms with Crippen molar-refractivity contribution >= 4 is 16.8 Å². The van der Waals surface area contributed by atoms with Crippen molar-refractivity contribution in [1.82, 2.24) is 19.4 Å². The number of carbonyl (C=O) groups excluding carboxylic acids is 1. The molecule has 1 aliphatic heterocycles. The number of hydrogen-bond acceptors (Lipinski definition) is 2. The number of carbonyl (C=O) groups is 1. The predicted molar refractivity (Wildman–Crippen MR) is 91.6 cm³/mol. The molecule has 0 unspecified atom stereocenters. The molecule has 1 atom stereocenters. The van der Waals surface area contributed by atoms with E-state index in [-0.39, 0.29) is 11.8 Å². The van der Waals surface area contributed by atoms with E-state index in [2.05, 4.69) is 32.7 Å². The minimum Gasteiger partial charge on any atom is -0.357 e. The fraction of sp³-hybridized carbons (Fsp3) is 0.368. The minimum atomic E-state index is -0.0318. The van der Waals surface area contributed by atoms with Crippen molar-refractivity contribution in [1.29, 1.82) is 0 Å². The first kappa shape index (κ1) is 13.8. The number of rotatable bonds is 1. The van der Waals surface area contributed by atoms with Gasteiger partial charge in [-0.05, 0) is 30.9 Å². The maximum Gasteiger partial charge on any atom is 0.232 e. The van der Waals surface area contributed by atoms with Crippen molar-refractivity contribution in [2.24, 2.45) is 0 Å². The molecule has 2 aromatic heterocycles. The number of fused-ring (bicyclic) bond motifs is 4. The van der Waals surface area contributed by atoms with Crippen LogP contribution in [0.25, 0.3) is 10.9 Å². The lowest BCUT2D eigenvalue weighted by atomic mass is 9.85. The molecule has 5 nitrogen and oxygen atoms in total. The number of imidazole rings is 1. The number of nitrogens with zero attached hydrogens (tertiary/aromatic N) is 3. The van der Waals surface area contributed by atoms with Crippen LogP contribution in [0.2, 0.25) is 0 Å². The van der Waals surface area contributed by atoms with Gasteiger partial charge in [-0.15, -0.1) is 0 Å². The Morgan fingerprint density at radius 3 is 3.12 bits per heavy atom. The first-order valence-corrected chi connectivity index (χ1v) is 8.68. The van der Waals surface area contributed by atoms with E-state index < -0.39 is 0 Å². The Morgan fingerprint density at radius 1 is 1.25 bits per heavy atom. The standard InChI is InChI=1S/C19H20N4O/c24-19(22-8-9-23-12-20-10-13(23)11-22)16-6-3-5-15-14-4-1-2-7-17(14)21-18(15)16/h1-2,4,7,10,12,16,21H,3,5-6,8-9,11H2/t16-/m0/s1. The zero-order valence-electron chi connectivity index (χ0n) is 13.5. The van der Waals surface area contributed by atoms with Crippen molar-refractivity contribution < 1.29 is 4.79 Å². The highest BCUT2D eigenvalue weighted by atomic mass is 16.2. The van der Waals surface area contributed by atoms with Crippen LogP contribution in [0.3, 0.4) is 0 Å². The summed E-state index contributed by atoms with van der Waals surface area (Å²) in [6.07, 6.45) is 6.81. The summed E-state index contributed by atoms with van der Waals surface area (Å²) in [6, 6.07) is 8.40. The summed E-state index contributed by atoms with van der Waals surface area (Å²) in [5.41, 5.74) is 4.77. The highest BCUT2D eigenvalue weighted by molar-refractivity contribution is 5.90. The Morgan fingerprint density at radius 2 is 2.17 bits per heavy atom. The van der Waals surface area contributed by atoms with E-state index in [4.69, 9.17) is 0 Å². The van der Waals surface area contributed by atoms with Crippen LogP contribution in [0.5, 0.6) is 0 Å². The van der Waals surface area contributed by atoms with Crippen LogP contribution in [0.15, 0.2) is 36.8 Å². The van der Waals surface area contributed by atoms with E-state index in [1.165, 1.54) is 10.9 Å². The Kier molecular flexibility index (Phi) is 3.01. The van der Waals surface area contributed by atoms with E-state index in [0.29, 0.717) is 6.54 Å². The van der Waals surface area contributed by atoms with E-state index in [1.54, 1.807) is 0 Å². The Bertz CT molecular complexity index is 922. The molecule has 0 saturated heterocycles. The van der Waals surface area contributed by atoms with Gasteiger partial charge in [0.2, 0.25) is 5.91 Å². The highest BCUT2D eigenvalue weighted by Gasteiger charge is 2.33. The van der Waals surface area contributed by atoms with Crippen LogP contribution in [0.4, 0.5) is 0 Å². The lowest BCUT2D eigenvalue weighted by Gasteiger charge is -2.32. The molecule has 0 spiro atoms. The summed E-state index contributed by atoms with van der Waals surface area (Å²) in [4.78, 5) is 22.9. The second-order valence-corrected chi connectivity index (χ2v) is 6.85. The molecular formula is C19H20N4O. The summed E-state index contributed by atoms with van der Waals surface area (Å²) >= 11 is 0. The average Bonchev–Trinajstić information content (AvgIpc) is 3.24. The van der Waals surface area contributed by atoms with Gasteiger partial charge in [-0.2, -0.15) is 0 Å². The number of aryl methyl sites for hydroxylation is 1. The molecule has 1 aliphatic carbocycles. The van der Waals surface area contributed by atoms with Gasteiger partial charge >= 0.3 is 0 Å². The summed E-state index contributed by atoms with van der Waals surface area (Å²) in [7, 11) is 0. The molecular weight excluding hydrogens is 300 g/mol. The molecule has 0 fully saturated rings. The molecule has 0 bridgehead atoms. The molecule has 2 aliphatic rings. The molecule has 3 heterocycles. The number of aromatic amines is 1. The first-order valence-electron chi connectivity index (χ1n) is 8.68. The Balaban J connectivity index is 1.49. The summed E-state index contributed by atoms with van der Waals surface area (Å²) in [6.45, 7) is 2.28. The monoisotopic (exact) mass is 320 g/mol. The maximum atomic E-state index is 13.2. The van der Waals surface area contributed by atoms with E-state index >= 15 is 0 Å². The van der Waals surface area contributed by atoms with E-state index in [1.807, 2.05) is 23.5 Å². The van der Waals surface area contributed by atoms with Gasteiger partial charge in [-0.3, -0.25) is 4.79 Å². The number of aromatic nitrogens is 3. The van der Waals surface area contributed by atoms with Gasteiger partial charge in [0, 0.05) is 35.9 Å². The van der Waals surface area contributed by atoms with Gasteiger partial charge in [0.15, 0.2) is 0 Å². The molecule has 1 amide bonds. The lowest BCUT2D eigenvalue weighted by Crippen LogP contribution is -2.41. The Labute approximate surface area is 140 Å². The predicted octanol–water partition coefficient (Wildman–Crippen LogP) is 2.83. The van der Waals surface area contributed by atoms with Crippen molar-refractivity contribution in [2.75, 3.05) is 6.54 Å². The number of para-hydroxylation sites is 1. The van der Waals surface area contributed by atoms with Crippen LogP contribution in [-0.4, -0.2) is 31.9 Å². The zero-order valence-corrected chi connectivity index (χ0v) is 13.5. The maximum absolute atomic E-state index is 13.2. The van der Waals surface area contributed by atoms with Gasteiger partial charge in [-0.1, -0.05) is 18.2 Å². The van der Waals surface area contributed by atoms with Crippen molar-refractivity contribution in [3.63, 3.8) is 0 Å². The second kappa shape index (κ2) is 5.23. The SMILES string of the molecule is O=C([C@H]1CCCc2c1[nH]c1ccccc21)N1CCn2cncc2C1. The van der Waals surface area contributed by atoms with Gasteiger partial charge in [0.1, 0.15) is 0 Å².